The van der Waals surface area contributed by atoms with Gasteiger partial charge in [0.15, 0.2) is 5.82 Å². The van der Waals surface area contributed by atoms with Gasteiger partial charge in [-0.1, -0.05) is 30.3 Å². The molecule has 37 heavy (non-hydrogen) atoms. The lowest BCUT2D eigenvalue weighted by Crippen LogP contribution is -2.26. The molecule has 3 N–H and O–H groups in total. The number of hydrogen-bond acceptors (Lipinski definition) is 5. The molecule has 6 rings (SSSR count). The maximum absolute atomic E-state index is 12.9. The van der Waals surface area contributed by atoms with Crippen LogP contribution in [0.1, 0.15) is 28.8 Å². The highest BCUT2D eigenvalue weighted by Gasteiger charge is 2.24. The van der Waals surface area contributed by atoms with E-state index in [1.165, 1.54) is 0 Å². The third-order valence-electron chi connectivity index (χ3n) is 6.55. The fourth-order valence-electron chi connectivity index (χ4n) is 4.71. The molecule has 0 aliphatic carbocycles. The molecule has 0 saturated carbocycles. The van der Waals surface area contributed by atoms with Crippen molar-refractivity contribution in [1.82, 2.24) is 34.8 Å². The molecular weight excluding hydrogens is 466 g/mol. The van der Waals surface area contributed by atoms with E-state index < -0.39 is 0 Å². The lowest BCUT2D eigenvalue weighted by atomic mass is 10.0. The summed E-state index contributed by atoms with van der Waals surface area (Å²) in [6.07, 6.45) is 2.64. The normalized spacial score (nSPS) is 11.4. The summed E-state index contributed by atoms with van der Waals surface area (Å²) < 4.78 is 3.72. The summed E-state index contributed by atoms with van der Waals surface area (Å²) in [7, 11) is 1.98. The summed E-state index contributed by atoms with van der Waals surface area (Å²) in [6.45, 7) is 2.30. The molecule has 184 valence electrons. The van der Waals surface area contributed by atoms with Crippen LogP contribution in [-0.2, 0) is 13.5 Å². The lowest BCUT2D eigenvalue weighted by molar-refractivity contribution is 0.0943. The molecular formula is C28H25N7O2. The Bertz CT molecular complexity index is 1760. The van der Waals surface area contributed by atoms with Crippen LogP contribution < -0.4 is 5.32 Å². The SMILES string of the molecule is CCNC(=O)c1nnc(-c2cc3c(Cc4ccccc4)[nH]nc3cc2O)n1-c1ccc2c(ccn2C)c1. The monoisotopic (exact) mass is 491 g/mol. The number of benzene rings is 3. The van der Waals surface area contributed by atoms with Crippen molar-refractivity contribution in [3.05, 3.63) is 90.0 Å². The molecule has 3 aromatic carbocycles. The van der Waals surface area contributed by atoms with Gasteiger partial charge in [-0.15, -0.1) is 10.2 Å². The molecule has 6 aromatic rings. The average Bonchev–Trinajstić information content (AvgIpc) is 3.61. The molecule has 1 amide bonds. The van der Waals surface area contributed by atoms with Crippen molar-refractivity contribution >= 4 is 27.7 Å². The van der Waals surface area contributed by atoms with Gasteiger partial charge < -0.3 is 15.0 Å². The first-order valence-electron chi connectivity index (χ1n) is 12.1. The van der Waals surface area contributed by atoms with E-state index in [4.69, 9.17) is 0 Å². The molecule has 0 aliphatic rings. The standard InChI is InChI=1S/C28H25N7O2/c1-3-29-28(37)27-33-32-26(35(27)19-9-10-24-18(14-19)11-12-34(24)2)21-15-20-22(13-17-7-5-4-6-8-17)30-31-23(20)16-25(21)36/h4-12,14-16,36H,3,13H2,1-2H3,(H,29,37)(H,30,31). The number of carbonyl (C=O) groups excluding carboxylic acids is 1. The summed E-state index contributed by atoms with van der Waals surface area (Å²) in [5.74, 6) is 0.163. The Morgan fingerprint density at radius 3 is 2.70 bits per heavy atom. The quantitative estimate of drug-likeness (QED) is 0.321. The van der Waals surface area contributed by atoms with Gasteiger partial charge in [-0.05, 0) is 42.8 Å². The number of phenols is 1. The van der Waals surface area contributed by atoms with Gasteiger partial charge in [0, 0.05) is 54.3 Å². The first-order chi connectivity index (χ1) is 18.0. The molecule has 9 nitrogen and oxygen atoms in total. The molecule has 0 fully saturated rings. The molecule has 0 aliphatic heterocycles. The fraction of sp³-hybridized carbons (Fsp3) is 0.143. The van der Waals surface area contributed by atoms with E-state index >= 15 is 0 Å². The number of aryl methyl sites for hydroxylation is 1. The highest BCUT2D eigenvalue weighted by atomic mass is 16.3. The first kappa shape index (κ1) is 22.5. The molecule has 3 aromatic heterocycles. The third kappa shape index (κ3) is 3.90. The highest BCUT2D eigenvalue weighted by Crippen LogP contribution is 2.35. The Morgan fingerprint density at radius 1 is 1.05 bits per heavy atom. The van der Waals surface area contributed by atoms with Gasteiger partial charge in [-0.3, -0.25) is 14.5 Å². The van der Waals surface area contributed by atoms with Crippen molar-refractivity contribution in [2.75, 3.05) is 6.54 Å². The molecule has 0 spiro atoms. The van der Waals surface area contributed by atoms with Crippen LogP contribution in [0.4, 0.5) is 0 Å². The van der Waals surface area contributed by atoms with E-state index in [2.05, 4.69) is 37.8 Å². The van der Waals surface area contributed by atoms with Crippen molar-refractivity contribution in [3.8, 4) is 22.8 Å². The van der Waals surface area contributed by atoms with Gasteiger partial charge in [-0.2, -0.15) is 5.10 Å². The molecule has 0 saturated heterocycles. The van der Waals surface area contributed by atoms with E-state index in [9.17, 15) is 9.90 Å². The number of nitrogens with one attached hydrogen (secondary N) is 2. The van der Waals surface area contributed by atoms with Gasteiger partial charge in [0.1, 0.15) is 5.75 Å². The van der Waals surface area contributed by atoms with Gasteiger partial charge in [-0.25, -0.2) is 0 Å². The Labute approximate surface area is 212 Å². The van der Waals surface area contributed by atoms with Crippen LogP contribution in [-0.4, -0.2) is 47.1 Å². The maximum atomic E-state index is 12.9. The minimum absolute atomic E-state index is 0.00199. The average molecular weight is 492 g/mol. The summed E-state index contributed by atoms with van der Waals surface area (Å²) >= 11 is 0. The summed E-state index contributed by atoms with van der Waals surface area (Å²) in [4.78, 5) is 12.9. The lowest BCUT2D eigenvalue weighted by Gasteiger charge is -2.12. The topological polar surface area (TPSA) is 114 Å². The van der Waals surface area contributed by atoms with Crippen molar-refractivity contribution in [2.24, 2.45) is 7.05 Å². The van der Waals surface area contributed by atoms with Crippen molar-refractivity contribution in [1.29, 1.82) is 0 Å². The fourth-order valence-corrected chi connectivity index (χ4v) is 4.71. The second-order valence-corrected chi connectivity index (χ2v) is 8.96. The number of phenolic OH excluding ortho intramolecular Hbond substituents is 1. The number of aromatic amines is 1. The van der Waals surface area contributed by atoms with Gasteiger partial charge in [0.2, 0.25) is 5.82 Å². The Balaban J connectivity index is 1.53. The Kier molecular flexibility index (Phi) is 5.45. The minimum atomic E-state index is -0.344. The Hall–Kier alpha value is -4.92. The van der Waals surface area contributed by atoms with Crippen LogP contribution in [0.15, 0.2) is 72.9 Å². The second-order valence-electron chi connectivity index (χ2n) is 8.96. The predicted octanol–water partition coefficient (Wildman–Crippen LogP) is 4.35. The van der Waals surface area contributed by atoms with E-state index in [-0.39, 0.29) is 17.5 Å². The van der Waals surface area contributed by atoms with Crippen LogP contribution in [0, 0.1) is 0 Å². The number of H-pyrrole nitrogens is 1. The molecule has 0 radical (unpaired) electrons. The van der Waals surface area contributed by atoms with Crippen LogP contribution in [0.2, 0.25) is 0 Å². The van der Waals surface area contributed by atoms with Crippen LogP contribution in [0.25, 0.3) is 38.9 Å². The first-order valence-corrected chi connectivity index (χ1v) is 12.1. The van der Waals surface area contributed by atoms with Crippen LogP contribution in [0.5, 0.6) is 5.75 Å². The third-order valence-corrected chi connectivity index (χ3v) is 6.55. The predicted molar refractivity (Wildman–Crippen MR) is 142 cm³/mol. The summed E-state index contributed by atoms with van der Waals surface area (Å²) in [6, 6.07) is 21.5. The number of fused-ring (bicyclic) bond motifs is 2. The zero-order valence-corrected chi connectivity index (χ0v) is 20.4. The number of aromatic nitrogens is 6. The number of rotatable bonds is 6. The van der Waals surface area contributed by atoms with E-state index in [0.717, 1.165) is 33.2 Å². The number of nitrogens with zero attached hydrogens (tertiary/aromatic N) is 5. The molecule has 3 heterocycles. The van der Waals surface area contributed by atoms with E-state index in [1.54, 1.807) is 10.6 Å². The maximum Gasteiger partial charge on any atom is 0.289 e. The highest BCUT2D eigenvalue weighted by molar-refractivity contribution is 5.94. The second kappa shape index (κ2) is 8.94. The number of aromatic hydroxyl groups is 1. The van der Waals surface area contributed by atoms with Crippen molar-refractivity contribution in [3.63, 3.8) is 0 Å². The van der Waals surface area contributed by atoms with Crippen LogP contribution in [0.3, 0.4) is 0 Å². The number of hydrogen-bond donors (Lipinski definition) is 3. The largest absolute Gasteiger partial charge is 0.507 e. The van der Waals surface area contributed by atoms with Gasteiger partial charge in [0.05, 0.1) is 16.8 Å². The summed E-state index contributed by atoms with van der Waals surface area (Å²) in [5, 5.41) is 31.8. The molecule has 9 heteroatoms. The summed E-state index contributed by atoms with van der Waals surface area (Å²) in [5.41, 5.74) is 4.94. The molecule has 0 bridgehead atoms. The van der Waals surface area contributed by atoms with E-state index in [1.807, 2.05) is 73.3 Å². The van der Waals surface area contributed by atoms with Gasteiger partial charge >= 0.3 is 0 Å². The smallest absolute Gasteiger partial charge is 0.289 e. The molecule has 0 unspecified atom stereocenters. The van der Waals surface area contributed by atoms with Crippen molar-refractivity contribution < 1.29 is 9.90 Å². The van der Waals surface area contributed by atoms with E-state index in [0.29, 0.717) is 29.9 Å². The molecule has 0 atom stereocenters. The van der Waals surface area contributed by atoms with Gasteiger partial charge in [0.25, 0.3) is 5.91 Å². The van der Waals surface area contributed by atoms with Crippen molar-refractivity contribution in [2.45, 2.75) is 13.3 Å². The minimum Gasteiger partial charge on any atom is -0.507 e. The van der Waals surface area contributed by atoms with Crippen LogP contribution >= 0.6 is 0 Å². The zero-order valence-electron chi connectivity index (χ0n) is 20.4. The number of amides is 1. The Morgan fingerprint density at radius 2 is 1.89 bits per heavy atom. The zero-order chi connectivity index (χ0) is 25.5. The number of carbonyl (C=O) groups is 1.